The van der Waals surface area contributed by atoms with Crippen LogP contribution in [0.3, 0.4) is 0 Å². The zero-order chi connectivity index (χ0) is 15.2. The quantitative estimate of drug-likeness (QED) is 0.834. The Bertz CT molecular complexity index is 654. The van der Waals surface area contributed by atoms with Gasteiger partial charge in [0.2, 0.25) is 5.91 Å². The van der Waals surface area contributed by atoms with Crippen LogP contribution in [0.2, 0.25) is 0 Å². The first-order valence-corrected chi connectivity index (χ1v) is 6.31. The lowest BCUT2D eigenvalue weighted by Crippen LogP contribution is -2.29. The average Bonchev–Trinajstić information content (AvgIpc) is 2.89. The molecule has 0 aliphatic rings. The van der Waals surface area contributed by atoms with Crippen LogP contribution in [0.5, 0.6) is 0 Å². The van der Waals surface area contributed by atoms with E-state index >= 15 is 0 Å². The summed E-state index contributed by atoms with van der Waals surface area (Å²) in [7, 11) is 0. The molecule has 0 fully saturated rings. The number of aromatic carboxylic acids is 1. The maximum Gasteiger partial charge on any atom is 0.356 e. The predicted molar refractivity (Wildman–Crippen MR) is 72.3 cm³/mol. The van der Waals surface area contributed by atoms with Crippen molar-refractivity contribution < 1.29 is 19.1 Å². The Morgan fingerprint density at radius 1 is 1.33 bits per heavy atom. The van der Waals surface area contributed by atoms with Crippen molar-refractivity contribution in [3.05, 3.63) is 53.9 Å². The summed E-state index contributed by atoms with van der Waals surface area (Å²) >= 11 is 0. The molecule has 0 aliphatic carbocycles. The number of carboxylic acids is 1. The molecule has 0 saturated carbocycles. The predicted octanol–water partition coefficient (Wildman–Crippen LogP) is 1.08. The molecule has 110 valence electrons. The Morgan fingerprint density at radius 2 is 2.10 bits per heavy atom. The number of aromatic nitrogens is 2. The van der Waals surface area contributed by atoms with Crippen molar-refractivity contribution in [3.8, 4) is 0 Å². The van der Waals surface area contributed by atoms with Gasteiger partial charge in [0.05, 0.1) is 6.33 Å². The normalized spacial score (nSPS) is 10.3. The molecule has 0 unspecified atom stereocenters. The summed E-state index contributed by atoms with van der Waals surface area (Å²) in [5.41, 5.74) is 0.419. The van der Waals surface area contributed by atoms with Gasteiger partial charge in [0.1, 0.15) is 12.4 Å². The van der Waals surface area contributed by atoms with Gasteiger partial charge in [0.25, 0.3) is 0 Å². The van der Waals surface area contributed by atoms with E-state index in [2.05, 4.69) is 10.3 Å². The van der Waals surface area contributed by atoms with Gasteiger partial charge >= 0.3 is 5.97 Å². The largest absolute Gasteiger partial charge is 0.476 e. The third-order valence-electron chi connectivity index (χ3n) is 2.85. The molecule has 1 heterocycles. The van der Waals surface area contributed by atoms with Crippen LogP contribution in [0.4, 0.5) is 4.39 Å². The second-order valence-electron chi connectivity index (χ2n) is 4.43. The minimum atomic E-state index is -1.14. The maximum atomic E-state index is 13.4. The molecule has 0 atom stereocenters. The Kier molecular flexibility index (Phi) is 4.65. The monoisotopic (exact) mass is 291 g/mol. The van der Waals surface area contributed by atoms with E-state index in [1.54, 1.807) is 18.2 Å². The van der Waals surface area contributed by atoms with Crippen molar-refractivity contribution in [2.45, 2.75) is 13.0 Å². The first kappa shape index (κ1) is 14.7. The van der Waals surface area contributed by atoms with Gasteiger partial charge in [-0.05, 0) is 18.1 Å². The fourth-order valence-corrected chi connectivity index (χ4v) is 1.82. The summed E-state index contributed by atoms with van der Waals surface area (Å²) in [4.78, 5) is 26.0. The number of benzene rings is 1. The summed E-state index contributed by atoms with van der Waals surface area (Å²) in [6.07, 6.45) is 2.95. The highest BCUT2D eigenvalue weighted by molar-refractivity contribution is 5.85. The van der Waals surface area contributed by atoms with Crippen molar-refractivity contribution in [2.75, 3.05) is 6.54 Å². The van der Waals surface area contributed by atoms with Crippen LogP contribution >= 0.6 is 0 Å². The molecule has 21 heavy (non-hydrogen) atoms. The van der Waals surface area contributed by atoms with Crippen LogP contribution in [0, 0.1) is 5.82 Å². The van der Waals surface area contributed by atoms with Crippen LogP contribution in [-0.2, 0) is 17.8 Å². The summed E-state index contributed by atoms with van der Waals surface area (Å²) in [6.45, 7) is 0.276. The number of nitrogens with zero attached hydrogens (tertiary/aromatic N) is 2. The molecule has 1 aromatic heterocycles. The van der Waals surface area contributed by atoms with E-state index in [1.807, 2.05) is 0 Å². The van der Waals surface area contributed by atoms with E-state index in [-0.39, 0.29) is 24.0 Å². The zero-order valence-electron chi connectivity index (χ0n) is 11.1. The first-order valence-electron chi connectivity index (χ1n) is 6.31. The number of halogens is 1. The number of amides is 1. The van der Waals surface area contributed by atoms with Gasteiger partial charge in [-0.2, -0.15) is 0 Å². The Labute approximate surface area is 120 Å². The molecular weight excluding hydrogens is 277 g/mol. The second kappa shape index (κ2) is 6.65. The molecule has 0 saturated heterocycles. The van der Waals surface area contributed by atoms with Crippen molar-refractivity contribution in [1.82, 2.24) is 14.9 Å². The maximum absolute atomic E-state index is 13.4. The molecule has 2 rings (SSSR count). The Hall–Kier alpha value is -2.70. The number of rotatable bonds is 6. The van der Waals surface area contributed by atoms with Crippen molar-refractivity contribution in [1.29, 1.82) is 0 Å². The Morgan fingerprint density at radius 3 is 2.76 bits per heavy atom. The zero-order valence-corrected chi connectivity index (χ0v) is 11.1. The van der Waals surface area contributed by atoms with E-state index in [0.717, 1.165) is 0 Å². The van der Waals surface area contributed by atoms with E-state index in [1.165, 1.54) is 23.2 Å². The molecule has 0 aliphatic heterocycles. The smallest absolute Gasteiger partial charge is 0.356 e. The van der Waals surface area contributed by atoms with Gasteiger partial charge in [-0.3, -0.25) is 4.79 Å². The van der Waals surface area contributed by atoms with Crippen LogP contribution in [0.15, 0.2) is 36.8 Å². The fraction of sp³-hybridized carbons (Fsp3) is 0.214. The van der Waals surface area contributed by atoms with Gasteiger partial charge in [-0.1, -0.05) is 18.2 Å². The number of carboxylic acid groups (broad SMARTS) is 1. The number of nitrogens with one attached hydrogen (secondary N) is 1. The molecule has 7 heteroatoms. The van der Waals surface area contributed by atoms with E-state index in [4.69, 9.17) is 5.11 Å². The first-order chi connectivity index (χ1) is 10.1. The average molecular weight is 291 g/mol. The number of imidazole rings is 1. The molecule has 2 N–H and O–H groups in total. The second-order valence-corrected chi connectivity index (χ2v) is 4.43. The van der Waals surface area contributed by atoms with Gasteiger partial charge in [0, 0.05) is 12.7 Å². The minimum absolute atomic E-state index is 0.0302. The SMILES string of the molecule is O=C(Cn1cnc(C(=O)O)c1)NCCc1ccccc1F. The minimum Gasteiger partial charge on any atom is -0.476 e. The molecule has 6 nitrogen and oxygen atoms in total. The third-order valence-corrected chi connectivity index (χ3v) is 2.85. The molecule has 1 amide bonds. The van der Waals surface area contributed by atoms with Gasteiger partial charge in [0.15, 0.2) is 5.69 Å². The van der Waals surface area contributed by atoms with Gasteiger partial charge in [-0.25, -0.2) is 14.2 Å². The molecule has 2 aromatic rings. The van der Waals surface area contributed by atoms with Crippen LogP contribution in [-0.4, -0.2) is 33.1 Å². The number of carbonyl (C=O) groups is 2. The van der Waals surface area contributed by atoms with Gasteiger partial charge < -0.3 is 15.0 Å². The fourth-order valence-electron chi connectivity index (χ4n) is 1.82. The highest BCUT2D eigenvalue weighted by Crippen LogP contribution is 2.06. The van der Waals surface area contributed by atoms with Crippen LogP contribution < -0.4 is 5.32 Å². The van der Waals surface area contributed by atoms with E-state index in [0.29, 0.717) is 18.5 Å². The van der Waals surface area contributed by atoms with Crippen molar-refractivity contribution in [2.24, 2.45) is 0 Å². The topological polar surface area (TPSA) is 84.2 Å². The number of carbonyl (C=O) groups excluding carboxylic acids is 1. The highest BCUT2D eigenvalue weighted by atomic mass is 19.1. The van der Waals surface area contributed by atoms with E-state index in [9.17, 15) is 14.0 Å². The highest BCUT2D eigenvalue weighted by Gasteiger charge is 2.09. The summed E-state index contributed by atoms with van der Waals surface area (Å²) in [6, 6.07) is 6.38. The van der Waals surface area contributed by atoms with Gasteiger partial charge in [-0.15, -0.1) is 0 Å². The van der Waals surface area contributed by atoms with Crippen molar-refractivity contribution >= 4 is 11.9 Å². The standard InChI is InChI=1S/C14H14FN3O3/c15-11-4-2-1-3-10(11)5-6-16-13(19)8-18-7-12(14(20)21)17-9-18/h1-4,7,9H,5-6,8H2,(H,16,19)(H,20,21). The molecular formula is C14H14FN3O3. The number of hydrogen-bond donors (Lipinski definition) is 2. The lowest BCUT2D eigenvalue weighted by molar-refractivity contribution is -0.121. The number of hydrogen-bond acceptors (Lipinski definition) is 3. The molecule has 0 radical (unpaired) electrons. The molecule has 0 bridgehead atoms. The van der Waals surface area contributed by atoms with Crippen LogP contribution in [0.1, 0.15) is 16.1 Å². The summed E-state index contributed by atoms with van der Waals surface area (Å²) < 4.78 is 14.7. The van der Waals surface area contributed by atoms with Crippen LogP contribution in [0.25, 0.3) is 0 Å². The lowest BCUT2D eigenvalue weighted by atomic mass is 10.1. The molecule has 0 spiro atoms. The third kappa shape index (κ3) is 4.13. The van der Waals surface area contributed by atoms with E-state index < -0.39 is 5.97 Å². The lowest BCUT2D eigenvalue weighted by Gasteiger charge is -2.06. The Balaban J connectivity index is 1.79. The van der Waals surface area contributed by atoms with Crippen molar-refractivity contribution in [3.63, 3.8) is 0 Å². The summed E-state index contributed by atoms with van der Waals surface area (Å²) in [5, 5.41) is 11.4. The molecule has 1 aromatic carbocycles. The summed E-state index contributed by atoms with van der Waals surface area (Å²) in [5.74, 6) is -1.73.